The maximum atomic E-state index is 11.6. The number of hydrogen-bond acceptors (Lipinski definition) is 3. The summed E-state index contributed by atoms with van der Waals surface area (Å²) >= 11 is 0. The number of ether oxygens (including phenoxy) is 1. The molecule has 1 rings (SSSR count). The van der Waals surface area contributed by atoms with Gasteiger partial charge in [0.1, 0.15) is 6.61 Å². The molecule has 0 radical (unpaired) electrons. The molecule has 88 valence electrons. The number of hydrogen-bond donors (Lipinski definition) is 1. The van der Waals surface area contributed by atoms with Crippen LogP contribution in [0.4, 0.5) is 0 Å². The van der Waals surface area contributed by atoms with Crippen LogP contribution in [0.25, 0.3) is 0 Å². The molecule has 1 saturated heterocycles. The molecule has 1 amide bonds. The Kier molecular flexibility index (Phi) is 4.11. The van der Waals surface area contributed by atoms with Gasteiger partial charge in [-0.25, -0.2) is 0 Å². The molecule has 0 spiro atoms. The highest BCUT2D eigenvalue weighted by Gasteiger charge is 2.40. The third-order valence-electron chi connectivity index (χ3n) is 2.65. The zero-order chi connectivity index (χ0) is 11.5. The summed E-state index contributed by atoms with van der Waals surface area (Å²) in [6.45, 7) is 7.50. The van der Waals surface area contributed by atoms with Crippen LogP contribution in [0.5, 0.6) is 0 Å². The SMILES string of the molecule is CCCC1(N)CN(C(=O)COC(C)C)C1. The normalized spacial score (nSPS) is 19.1. The molecule has 0 aliphatic carbocycles. The van der Waals surface area contributed by atoms with Crippen LogP contribution < -0.4 is 5.73 Å². The Balaban J connectivity index is 2.23. The third-order valence-corrected chi connectivity index (χ3v) is 2.65. The van der Waals surface area contributed by atoms with Crippen molar-refractivity contribution in [2.75, 3.05) is 19.7 Å². The van der Waals surface area contributed by atoms with Gasteiger partial charge >= 0.3 is 0 Å². The predicted octanol–water partition coefficient (Wildman–Crippen LogP) is 0.751. The van der Waals surface area contributed by atoms with E-state index in [4.69, 9.17) is 10.5 Å². The van der Waals surface area contributed by atoms with Gasteiger partial charge in [0.25, 0.3) is 0 Å². The maximum absolute atomic E-state index is 11.6. The van der Waals surface area contributed by atoms with E-state index in [2.05, 4.69) is 6.92 Å². The van der Waals surface area contributed by atoms with Crippen molar-refractivity contribution in [1.29, 1.82) is 0 Å². The average molecular weight is 214 g/mol. The molecule has 1 aliphatic rings. The lowest BCUT2D eigenvalue weighted by molar-refractivity contribution is -0.145. The van der Waals surface area contributed by atoms with Gasteiger partial charge in [-0.1, -0.05) is 13.3 Å². The van der Waals surface area contributed by atoms with E-state index in [-0.39, 0.29) is 24.2 Å². The van der Waals surface area contributed by atoms with Crippen LogP contribution in [-0.2, 0) is 9.53 Å². The van der Waals surface area contributed by atoms with E-state index < -0.39 is 0 Å². The quantitative estimate of drug-likeness (QED) is 0.735. The van der Waals surface area contributed by atoms with Crippen molar-refractivity contribution < 1.29 is 9.53 Å². The minimum absolute atomic E-state index is 0.0564. The summed E-state index contributed by atoms with van der Waals surface area (Å²) in [5.74, 6) is 0.0564. The summed E-state index contributed by atoms with van der Waals surface area (Å²) in [6.07, 6.45) is 2.16. The van der Waals surface area contributed by atoms with Gasteiger partial charge in [0.15, 0.2) is 0 Å². The molecule has 1 heterocycles. The van der Waals surface area contributed by atoms with Gasteiger partial charge in [-0.2, -0.15) is 0 Å². The van der Waals surface area contributed by atoms with Gasteiger partial charge < -0.3 is 15.4 Å². The number of likely N-dealkylation sites (tertiary alicyclic amines) is 1. The number of amides is 1. The molecule has 0 aromatic heterocycles. The largest absolute Gasteiger partial charge is 0.369 e. The van der Waals surface area contributed by atoms with Gasteiger partial charge in [0.2, 0.25) is 5.91 Å². The van der Waals surface area contributed by atoms with E-state index in [0.29, 0.717) is 13.1 Å². The second-order valence-electron chi connectivity index (χ2n) is 4.72. The number of nitrogens with zero attached hydrogens (tertiary/aromatic N) is 1. The average Bonchev–Trinajstić information content (AvgIpc) is 2.10. The van der Waals surface area contributed by atoms with Crippen LogP contribution in [0.1, 0.15) is 33.6 Å². The van der Waals surface area contributed by atoms with Crippen molar-refractivity contribution in [2.45, 2.75) is 45.3 Å². The molecular formula is C11H22N2O2. The zero-order valence-corrected chi connectivity index (χ0v) is 9.95. The third kappa shape index (κ3) is 3.47. The Morgan fingerprint density at radius 2 is 2.13 bits per heavy atom. The molecule has 0 aromatic carbocycles. The second kappa shape index (κ2) is 4.94. The van der Waals surface area contributed by atoms with Crippen LogP contribution in [-0.4, -0.2) is 42.1 Å². The Bertz CT molecular complexity index is 223. The van der Waals surface area contributed by atoms with E-state index >= 15 is 0 Å². The smallest absolute Gasteiger partial charge is 0.248 e. The summed E-state index contributed by atoms with van der Waals surface area (Å²) in [6, 6.07) is 0. The standard InChI is InChI=1S/C11H22N2O2/c1-4-5-11(12)7-13(8-11)10(14)6-15-9(2)3/h9H,4-8,12H2,1-3H3. The highest BCUT2D eigenvalue weighted by atomic mass is 16.5. The van der Waals surface area contributed by atoms with Crippen LogP contribution in [0, 0.1) is 0 Å². The zero-order valence-electron chi connectivity index (χ0n) is 9.95. The minimum atomic E-state index is -0.137. The summed E-state index contributed by atoms with van der Waals surface area (Å²) in [7, 11) is 0. The number of carbonyl (C=O) groups excluding carboxylic acids is 1. The molecule has 0 aromatic rings. The molecule has 1 aliphatic heterocycles. The van der Waals surface area contributed by atoms with Crippen molar-refractivity contribution in [3.05, 3.63) is 0 Å². The van der Waals surface area contributed by atoms with Crippen molar-refractivity contribution >= 4 is 5.91 Å². The molecule has 0 bridgehead atoms. The highest BCUT2D eigenvalue weighted by Crippen LogP contribution is 2.23. The first kappa shape index (κ1) is 12.5. The van der Waals surface area contributed by atoms with E-state index in [1.807, 2.05) is 13.8 Å². The Morgan fingerprint density at radius 1 is 1.53 bits per heavy atom. The summed E-state index contributed by atoms with van der Waals surface area (Å²) in [4.78, 5) is 13.3. The maximum Gasteiger partial charge on any atom is 0.248 e. The van der Waals surface area contributed by atoms with E-state index in [0.717, 1.165) is 12.8 Å². The van der Waals surface area contributed by atoms with Crippen molar-refractivity contribution in [1.82, 2.24) is 4.90 Å². The summed E-state index contributed by atoms with van der Waals surface area (Å²) in [5.41, 5.74) is 5.93. The number of carbonyl (C=O) groups is 1. The fourth-order valence-electron chi connectivity index (χ4n) is 1.88. The van der Waals surface area contributed by atoms with E-state index in [1.54, 1.807) is 4.90 Å². The molecular weight excluding hydrogens is 192 g/mol. The lowest BCUT2D eigenvalue weighted by Crippen LogP contribution is -2.68. The first-order chi connectivity index (χ1) is 6.97. The molecule has 15 heavy (non-hydrogen) atoms. The number of nitrogens with two attached hydrogens (primary N) is 1. The molecule has 0 saturated carbocycles. The van der Waals surface area contributed by atoms with Crippen molar-refractivity contribution in [3.63, 3.8) is 0 Å². The van der Waals surface area contributed by atoms with E-state index in [9.17, 15) is 4.79 Å². The van der Waals surface area contributed by atoms with Gasteiger partial charge in [-0.3, -0.25) is 4.79 Å². The monoisotopic (exact) mass is 214 g/mol. The van der Waals surface area contributed by atoms with E-state index in [1.165, 1.54) is 0 Å². The topological polar surface area (TPSA) is 55.6 Å². The van der Waals surface area contributed by atoms with Gasteiger partial charge in [-0.15, -0.1) is 0 Å². The molecule has 0 unspecified atom stereocenters. The minimum Gasteiger partial charge on any atom is -0.369 e. The molecule has 4 heteroatoms. The van der Waals surface area contributed by atoms with Crippen molar-refractivity contribution in [3.8, 4) is 0 Å². The molecule has 0 atom stereocenters. The lowest BCUT2D eigenvalue weighted by atomic mass is 9.86. The first-order valence-electron chi connectivity index (χ1n) is 5.65. The number of rotatable bonds is 5. The fourth-order valence-corrected chi connectivity index (χ4v) is 1.88. The second-order valence-corrected chi connectivity index (χ2v) is 4.72. The predicted molar refractivity (Wildman–Crippen MR) is 59.5 cm³/mol. The van der Waals surface area contributed by atoms with Crippen LogP contribution >= 0.6 is 0 Å². The van der Waals surface area contributed by atoms with Crippen LogP contribution in [0.3, 0.4) is 0 Å². The summed E-state index contributed by atoms with van der Waals surface area (Å²) < 4.78 is 5.26. The Labute approximate surface area is 91.8 Å². The fraction of sp³-hybridized carbons (Fsp3) is 0.909. The van der Waals surface area contributed by atoms with Gasteiger partial charge in [-0.05, 0) is 20.3 Å². The Hall–Kier alpha value is -0.610. The lowest BCUT2D eigenvalue weighted by Gasteiger charge is -2.47. The van der Waals surface area contributed by atoms with Gasteiger partial charge in [0, 0.05) is 13.1 Å². The van der Waals surface area contributed by atoms with Crippen LogP contribution in [0.2, 0.25) is 0 Å². The molecule has 4 nitrogen and oxygen atoms in total. The van der Waals surface area contributed by atoms with Gasteiger partial charge in [0.05, 0.1) is 11.6 Å². The highest BCUT2D eigenvalue weighted by molar-refractivity contribution is 5.78. The van der Waals surface area contributed by atoms with Crippen molar-refractivity contribution in [2.24, 2.45) is 5.73 Å². The Morgan fingerprint density at radius 3 is 2.60 bits per heavy atom. The first-order valence-corrected chi connectivity index (χ1v) is 5.65. The van der Waals surface area contributed by atoms with Crippen LogP contribution in [0.15, 0.2) is 0 Å². The molecule has 1 fully saturated rings. The molecule has 2 N–H and O–H groups in total. The summed E-state index contributed by atoms with van der Waals surface area (Å²) in [5, 5.41) is 0.